The lowest BCUT2D eigenvalue weighted by atomic mass is 10.0. The van der Waals surface area contributed by atoms with Crippen LogP contribution in [0.3, 0.4) is 0 Å². The lowest BCUT2D eigenvalue weighted by Crippen LogP contribution is -2.30. The zero-order valence-corrected chi connectivity index (χ0v) is 11.5. The number of hydrogen-bond donors (Lipinski definition) is 2. The summed E-state index contributed by atoms with van der Waals surface area (Å²) in [7, 11) is 0. The van der Waals surface area contributed by atoms with E-state index < -0.39 is 0 Å². The summed E-state index contributed by atoms with van der Waals surface area (Å²) in [5.74, 6) is -0.0699. The van der Waals surface area contributed by atoms with Gasteiger partial charge in [0.25, 0.3) is 0 Å². The number of carbonyl (C=O) groups is 1. The summed E-state index contributed by atoms with van der Waals surface area (Å²) >= 11 is 0. The Labute approximate surface area is 119 Å². The third-order valence-corrected chi connectivity index (χ3v) is 3.14. The minimum Gasteiger partial charge on any atom is -0.348 e. The summed E-state index contributed by atoms with van der Waals surface area (Å²) < 4.78 is 0. The van der Waals surface area contributed by atoms with Crippen LogP contribution in [0.15, 0.2) is 54.7 Å². The topological polar surface area (TPSA) is 68.0 Å². The summed E-state index contributed by atoms with van der Waals surface area (Å²) in [6, 6.07) is 14.9. The quantitative estimate of drug-likeness (QED) is 0.875. The molecule has 2 aromatic rings. The average Bonchev–Trinajstić information content (AvgIpc) is 2.49. The number of benzene rings is 1. The molecule has 4 nitrogen and oxygen atoms in total. The SMILES string of the molecule is CC(NC(=O)CC(N)c1ccccc1)c1ccccn1. The van der Waals surface area contributed by atoms with Crippen LogP contribution in [-0.4, -0.2) is 10.9 Å². The monoisotopic (exact) mass is 269 g/mol. The molecule has 1 amide bonds. The van der Waals surface area contributed by atoms with Gasteiger partial charge in [0.15, 0.2) is 0 Å². The number of hydrogen-bond acceptors (Lipinski definition) is 3. The number of nitrogens with one attached hydrogen (secondary N) is 1. The largest absolute Gasteiger partial charge is 0.348 e. The summed E-state index contributed by atoms with van der Waals surface area (Å²) in [5, 5.41) is 2.92. The number of nitrogens with two attached hydrogens (primary N) is 1. The summed E-state index contributed by atoms with van der Waals surface area (Å²) in [5.41, 5.74) is 7.84. The Balaban J connectivity index is 1.90. The van der Waals surface area contributed by atoms with E-state index in [9.17, 15) is 4.79 Å². The van der Waals surface area contributed by atoms with Gasteiger partial charge in [-0.15, -0.1) is 0 Å². The highest BCUT2D eigenvalue weighted by molar-refractivity contribution is 5.77. The van der Waals surface area contributed by atoms with Crippen LogP contribution in [0.2, 0.25) is 0 Å². The van der Waals surface area contributed by atoms with Gasteiger partial charge in [-0.3, -0.25) is 9.78 Å². The van der Waals surface area contributed by atoms with Crippen LogP contribution in [0.25, 0.3) is 0 Å². The lowest BCUT2D eigenvalue weighted by molar-refractivity contribution is -0.122. The first-order chi connectivity index (χ1) is 9.66. The molecule has 3 N–H and O–H groups in total. The molecule has 0 aliphatic carbocycles. The second kappa shape index (κ2) is 6.82. The van der Waals surface area contributed by atoms with Crippen LogP contribution in [-0.2, 0) is 4.79 Å². The maximum Gasteiger partial charge on any atom is 0.222 e. The minimum atomic E-state index is -0.285. The number of aromatic nitrogens is 1. The molecule has 0 fully saturated rings. The van der Waals surface area contributed by atoms with Crippen molar-refractivity contribution in [3.05, 3.63) is 66.0 Å². The highest BCUT2D eigenvalue weighted by Gasteiger charge is 2.14. The normalized spacial score (nSPS) is 13.5. The van der Waals surface area contributed by atoms with Crippen molar-refractivity contribution in [2.45, 2.75) is 25.4 Å². The molecule has 0 aliphatic heterocycles. The van der Waals surface area contributed by atoms with E-state index in [4.69, 9.17) is 5.73 Å². The van der Waals surface area contributed by atoms with E-state index in [2.05, 4.69) is 10.3 Å². The van der Waals surface area contributed by atoms with Gasteiger partial charge in [0.2, 0.25) is 5.91 Å². The molecule has 0 saturated heterocycles. The van der Waals surface area contributed by atoms with Crippen molar-refractivity contribution in [1.29, 1.82) is 0 Å². The second-order valence-electron chi connectivity index (χ2n) is 4.77. The third kappa shape index (κ3) is 3.90. The van der Waals surface area contributed by atoms with Gasteiger partial charge in [-0.1, -0.05) is 36.4 Å². The Morgan fingerprint density at radius 3 is 2.55 bits per heavy atom. The van der Waals surface area contributed by atoms with Gasteiger partial charge in [0.1, 0.15) is 0 Å². The molecule has 0 bridgehead atoms. The predicted molar refractivity (Wildman–Crippen MR) is 78.8 cm³/mol. The van der Waals surface area contributed by atoms with Crippen molar-refractivity contribution < 1.29 is 4.79 Å². The molecular weight excluding hydrogens is 250 g/mol. The first kappa shape index (κ1) is 14.2. The van der Waals surface area contributed by atoms with Gasteiger partial charge in [-0.25, -0.2) is 0 Å². The van der Waals surface area contributed by atoms with Crippen LogP contribution in [0.1, 0.15) is 36.7 Å². The van der Waals surface area contributed by atoms with E-state index in [0.29, 0.717) is 0 Å². The predicted octanol–water partition coefficient (Wildman–Crippen LogP) is 2.35. The van der Waals surface area contributed by atoms with Crippen molar-refractivity contribution in [2.24, 2.45) is 5.73 Å². The van der Waals surface area contributed by atoms with E-state index in [-0.39, 0.29) is 24.4 Å². The fraction of sp³-hybridized carbons (Fsp3) is 0.250. The van der Waals surface area contributed by atoms with Crippen molar-refractivity contribution in [1.82, 2.24) is 10.3 Å². The molecule has 1 aromatic carbocycles. The molecule has 2 unspecified atom stereocenters. The van der Waals surface area contributed by atoms with Crippen molar-refractivity contribution >= 4 is 5.91 Å². The average molecular weight is 269 g/mol. The van der Waals surface area contributed by atoms with Gasteiger partial charge in [0, 0.05) is 18.7 Å². The van der Waals surface area contributed by atoms with Gasteiger partial charge in [-0.05, 0) is 24.6 Å². The molecule has 20 heavy (non-hydrogen) atoms. The fourth-order valence-electron chi connectivity index (χ4n) is 2.02. The van der Waals surface area contributed by atoms with E-state index in [1.54, 1.807) is 6.20 Å². The maximum absolute atomic E-state index is 12.0. The zero-order valence-electron chi connectivity index (χ0n) is 11.5. The van der Waals surface area contributed by atoms with Crippen LogP contribution < -0.4 is 11.1 Å². The molecule has 0 spiro atoms. The molecule has 0 aliphatic rings. The standard InChI is InChI=1S/C16H19N3O/c1-12(15-9-5-6-10-18-15)19-16(20)11-14(17)13-7-3-2-4-8-13/h2-10,12,14H,11,17H2,1H3,(H,19,20). The Hall–Kier alpha value is -2.20. The number of nitrogens with zero attached hydrogens (tertiary/aromatic N) is 1. The number of rotatable bonds is 5. The molecule has 4 heteroatoms. The van der Waals surface area contributed by atoms with Crippen LogP contribution in [0.4, 0.5) is 0 Å². The van der Waals surface area contributed by atoms with Crippen molar-refractivity contribution in [2.75, 3.05) is 0 Å². The van der Waals surface area contributed by atoms with Gasteiger partial charge in [0.05, 0.1) is 11.7 Å². The van der Waals surface area contributed by atoms with Crippen molar-refractivity contribution in [3.8, 4) is 0 Å². The molecule has 0 saturated carbocycles. The Morgan fingerprint density at radius 2 is 1.90 bits per heavy atom. The van der Waals surface area contributed by atoms with E-state index in [1.807, 2.05) is 55.5 Å². The summed E-state index contributed by atoms with van der Waals surface area (Å²) in [6.07, 6.45) is 1.98. The summed E-state index contributed by atoms with van der Waals surface area (Å²) in [6.45, 7) is 1.91. The molecule has 1 aromatic heterocycles. The molecule has 104 valence electrons. The van der Waals surface area contributed by atoms with Gasteiger partial charge in [-0.2, -0.15) is 0 Å². The third-order valence-electron chi connectivity index (χ3n) is 3.14. The molecule has 2 rings (SSSR count). The summed E-state index contributed by atoms with van der Waals surface area (Å²) in [4.78, 5) is 16.2. The smallest absolute Gasteiger partial charge is 0.222 e. The first-order valence-corrected chi connectivity index (χ1v) is 6.67. The highest BCUT2D eigenvalue weighted by atomic mass is 16.1. The van der Waals surface area contributed by atoms with Crippen LogP contribution >= 0.6 is 0 Å². The lowest BCUT2D eigenvalue weighted by Gasteiger charge is -2.16. The van der Waals surface area contributed by atoms with Crippen LogP contribution in [0, 0.1) is 0 Å². The van der Waals surface area contributed by atoms with Gasteiger partial charge >= 0.3 is 0 Å². The molecule has 1 heterocycles. The maximum atomic E-state index is 12.0. The first-order valence-electron chi connectivity index (χ1n) is 6.67. The van der Waals surface area contributed by atoms with Crippen molar-refractivity contribution in [3.63, 3.8) is 0 Å². The molecule has 0 radical (unpaired) electrons. The molecular formula is C16H19N3O. The highest BCUT2D eigenvalue weighted by Crippen LogP contribution is 2.14. The van der Waals surface area contributed by atoms with Crippen LogP contribution in [0.5, 0.6) is 0 Å². The number of pyridine rings is 1. The number of amides is 1. The van der Waals surface area contributed by atoms with E-state index in [1.165, 1.54) is 0 Å². The zero-order chi connectivity index (χ0) is 14.4. The number of carbonyl (C=O) groups excluding carboxylic acids is 1. The Morgan fingerprint density at radius 1 is 1.20 bits per heavy atom. The molecule has 2 atom stereocenters. The Bertz CT molecular complexity index is 493. The van der Waals surface area contributed by atoms with E-state index >= 15 is 0 Å². The fourth-order valence-corrected chi connectivity index (χ4v) is 2.02. The van der Waals surface area contributed by atoms with E-state index in [0.717, 1.165) is 11.3 Å². The Kier molecular flexibility index (Phi) is 4.85. The minimum absolute atomic E-state index is 0.0699. The van der Waals surface area contributed by atoms with Gasteiger partial charge < -0.3 is 11.1 Å². The second-order valence-corrected chi connectivity index (χ2v) is 4.77.